The van der Waals surface area contributed by atoms with E-state index in [2.05, 4.69) is 30.4 Å². The summed E-state index contributed by atoms with van der Waals surface area (Å²) in [5.74, 6) is 1.87. The van der Waals surface area contributed by atoms with Gasteiger partial charge in [-0.1, -0.05) is 0 Å². The normalized spacial score (nSPS) is 12.1. The predicted molar refractivity (Wildman–Crippen MR) is 96.5 cm³/mol. The molecule has 1 aromatic rings. The van der Waals surface area contributed by atoms with Crippen LogP contribution in [0.1, 0.15) is 27.7 Å². The van der Waals surface area contributed by atoms with E-state index >= 15 is 0 Å². The lowest BCUT2D eigenvalue weighted by Gasteiger charge is -2.19. The fraction of sp³-hybridized carbons (Fsp3) is 0.562. The van der Waals surface area contributed by atoms with Crippen molar-refractivity contribution in [3.05, 3.63) is 18.2 Å². The zero-order valence-electron chi connectivity index (χ0n) is 14.1. The van der Waals surface area contributed by atoms with E-state index in [0.717, 1.165) is 17.2 Å². The summed E-state index contributed by atoms with van der Waals surface area (Å²) in [5.41, 5.74) is 6.75. The average molecular weight is 325 g/mol. The topological polar surface area (TPSA) is 68.9 Å². The monoisotopic (exact) mass is 325 g/mol. The summed E-state index contributed by atoms with van der Waals surface area (Å²) in [6.07, 6.45) is 2.07. The molecule has 0 saturated carbocycles. The molecule has 0 aromatic heterocycles. The van der Waals surface area contributed by atoms with Crippen molar-refractivity contribution in [2.75, 3.05) is 31.3 Å². The second-order valence-electron chi connectivity index (χ2n) is 5.31. The van der Waals surface area contributed by atoms with E-state index in [4.69, 9.17) is 15.2 Å². The second-order valence-corrected chi connectivity index (χ2v) is 6.83. The van der Waals surface area contributed by atoms with Crippen LogP contribution in [0.3, 0.4) is 0 Å². The number of rotatable bonds is 8. The van der Waals surface area contributed by atoms with Gasteiger partial charge in [-0.2, -0.15) is 11.8 Å². The molecule has 0 radical (unpaired) electrons. The van der Waals surface area contributed by atoms with Crippen molar-refractivity contribution in [3.8, 4) is 11.5 Å². The highest BCUT2D eigenvalue weighted by Gasteiger charge is 2.15. The van der Waals surface area contributed by atoms with Crippen molar-refractivity contribution < 1.29 is 9.47 Å². The predicted octanol–water partition coefficient (Wildman–Crippen LogP) is 3.35. The molecule has 0 aliphatic heterocycles. The van der Waals surface area contributed by atoms with Gasteiger partial charge in [-0.15, -0.1) is 0 Å². The smallest absolute Gasteiger partial charge is 0.193 e. The highest BCUT2D eigenvalue weighted by Crippen LogP contribution is 2.29. The molecule has 0 amide bonds. The Morgan fingerprint density at radius 3 is 2.55 bits per heavy atom. The molecule has 0 spiro atoms. The van der Waals surface area contributed by atoms with E-state index < -0.39 is 0 Å². The van der Waals surface area contributed by atoms with E-state index in [-0.39, 0.29) is 4.75 Å². The van der Waals surface area contributed by atoms with Crippen LogP contribution in [0.5, 0.6) is 11.5 Å². The van der Waals surface area contributed by atoms with Crippen molar-refractivity contribution in [1.29, 1.82) is 0 Å². The number of anilines is 1. The molecule has 22 heavy (non-hydrogen) atoms. The van der Waals surface area contributed by atoms with E-state index in [1.165, 1.54) is 0 Å². The maximum absolute atomic E-state index is 5.99. The lowest BCUT2D eigenvalue weighted by Crippen LogP contribution is -2.27. The number of guanidine groups is 1. The molecule has 124 valence electrons. The lowest BCUT2D eigenvalue weighted by atomic mass is 10.2. The van der Waals surface area contributed by atoms with Crippen LogP contribution in [0.25, 0.3) is 0 Å². The molecule has 0 atom stereocenters. The van der Waals surface area contributed by atoms with Gasteiger partial charge in [0.05, 0.1) is 25.4 Å². The standard InChI is InChI=1S/C16H27N3O2S/c1-6-20-12-8-9-14(21-7-2)13(10-12)19-15(17)18-11-16(3,4)22-5/h8-10H,6-7,11H2,1-5H3,(H3,17,18,19). The SMILES string of the molecule is CCOc1ccc(OCC)c(NC(N)=NCC(C)(C)SC)c1. The summed E-state index contributed by atoms with van der Waals surface area (Å²) < 4.78 is 11.2. The first-order valence-corrected chi connectivity index (χ1v) is 8.66. The zero-order valence-corrected chi connectivity index (χ0v) is 14.9. The van der Waals surface area contributed by atoms with Crippen LogP contribution in [0, 0.1) is 0 Å². The number of nitrogens with two attached hydrogens (primary N) is 1. The molecular weight excluding hydrogens is 298 g/mol. The van der Waals surface area contributed by atoms with E-state index in [1.807, 2.05) is 32.0 Å². The van der Waals surface area contributed by atoms with Crippen LogP contribution in [0.2, 0.25) is 0 Å². The third-order valence-corrected chi connectivity index (χ3v) is 4.24. The van der Waals surface area contributed by atoms with E-state index in [0.29, 0.717) is 25.7 Å². The Morgan fingerprint density at radius 2 is 1.95 bits per heavy atom. The molecule has 0 fully saturated rings. The number of benzene rings is 1. The van der Waals surface area contributed by atoms with Crippen molar-refractivity contribution in [1.82, 2.24) is 0 Å². The van der Waals surface area contributed by atoms with Crippen LogP contribution < -0.4 is 20.5 Å². The first-order valence-electron chi connectivity index (χ1n) is 7.43. The lowest BCUT2D eigenvalue weighted by molar-refractivity contribution is 0.332. The summed E-state index contributed by atoms with van der Waals surface area (Å²) in [7, 11) is 0. The third kappa shape index (κ3) is 6.05. The molecule has 0 aliphatic rings. The van der Waals surface area contributed by atoms with Gasteiger partial charge >= 0.3 is 0 Å². The Labute approximate surface area is 137 Å². The van der Waals surface area contributed by atoms with Crippen LogP contribution in [0.4, 0.5) is 5.69 Å². The third-order valence-electron chi connectivity index (χ3n) is 3.01. The van der Waals surface area contributed by atoms with Crippen molar-refractivity contribution in [2.45, 2.75) is 32.4 Å². The quantitative estimate of drug-likeness (QED) is 0.566. The second kappa shape index (κ2) is 8.78. The van der Waals surface area contributed by atoms with Crippen LogP contribution in [0.15, 0.2) is 23.2 Å². The van der Waals surface area contributed by atoms with Gasteiger partial charge in [0, 0.05) is 10.8 Å². The van der Waals surface area contributed by atoms with E-state index in [1.54, 1.807) is 11.8 Å². The zero-order chi connectivity index (χ0) is 16.6. The molecule has 0 unspecified atom stereocenters. The first kappa shape index (κ1) is 18.5. The average Bonchev–Trinajstić information content (AvgIpc) is 2.48. The minimum atomic E-state index is 0.0578. The Morgan fingerprint density at radius 1 is 1.27 bits per heavy atom. The largest absolute Gasteiger partial charge is 0.494 e. The summed E-state index contributed by atoms with van der Waals surface area (Å²) in [5, 5.41) is 3.10. The van der Waals surface area contributed by atoms with Gasteiger partial charge in [0.25, 0.3) is 0 Å². The summed E-state index contributed by atoms with van der Waals surface area (Å²) in [6.45, 7) is 9.99. The van der Waals surface area contributed by atoms with Gasteiger partial charge in [-0.25, -0.2) is 0 Å². The van der Waals surface area contributed by atoms with Crippen LogP contribution in [-0.4, -0.2) is 36.7 Å². The summed E-state index contributed by atoms with van der Waals surface area (Å²) >= 11 is 1.76. The first-order chi connectivity index (χ1) is 10.4. The van der Waals surface area contributed by atoms with Gasteiger partial charge in [0.1, 0.15) is 11.5 Å². The van der Waals surface area contributed by atoms with Crippen molar-refractivity contribution in [3.63, 3.8) is 0 Å². The fourth-order valence-electron chi connectivity index (χ4n) is 1.66. The van der Waals surface area contributed by atoms with Gasteiger partial charge < -0.3 is 20.5 Å². The highest BCUT2D eigenvalue weighted by atomic mass is 32.2. The fourth-order valence-corrected chi connectivity index (χ4v) is 1.86. The molecular formula is C16H27N3O2S. The van der Waals surface area contributed by atoms with Crippen LogP contribution >= 0.6 is 11.8 Å². The minimum absolute atomic E-state index is 0.0578. The molecule has 3 N–H and O–H groups in total. The molecule has 0 bridgehead atoms. The Balaban J connectivity index is 2.88. The number of hydrogen-bond acceptors (Lipinski definition) is 4. The molecule has 0 heterocycles. The number of nitrogens with one attached hydrogen (secondary N) is 1. The summed E-state index contributed by atoms with van der Waals surface area (Å²) in [4.78, 5) is 4.40. The molecule has 6 heteroatoms. The van der Waals surface area contributed by atoms with Gasteiger partial charge in [0.15, 0.2) is 5.96 Å². The highest BCUT2D eigenvalue weighted by molar-refractivity contribution is 7.99. The maximum Gasteiger partial charge on any atom is 0.193 e. The molecule has 1 aromatic carbocycles. The molecule has 5 nitrogen and oxygen atoms in total. The Bertz CT molecular complexity index is 504. The van der Waals surface area contributed by atoms with E-state index in [9.17, 15) is 0 Å². The molecule has 1 rings (SSSR count). The van der Waals surface area contributed by atoms with Gasteiger partial charge in [-0.05, 0) is 46.1 Å². The Kier molecular flexibility index (Phi) is 7.38. The number of aliphatic imine (C=N–C) groups is 1. The molecule has 0 saturated heterocycles. The number of hydrogen-bond donors (Lipinski definition) is 2. The number of thioether (sulfide) groups is 1. The number of nitrogens with zero attached hydrogens (tertiary/aromatic N) is 1. The summed E-state index contributed by atoms with van der Waals surface area (Å²) in [6, 6.07) is 5.62. The van der Waals surface area contributed by atoms with Crippen LogP contribution in [-0.2, 0) is 0 Å². The maximum atomic E-state index is 5.99. The minimum Gasteiger partial charge on any atom is -0.494 e. The van der Waals surface area contributed by atoms with Gasteiger partial charge in [-0.3, -0.25) is 4.99 Å². The van der Waals surface area contributed by atoms with Crippen molar-refractivity contribution in [2.24, 2.45) is 10.7 Å². The van der Waals surface area contributed by atoms with Gasteiger partial charge in [0.2, 0.25) is 0 Å². The number of ether oxygens (including phenoxy) is 2. The Hall–Kier alpha value is -1.56. The molecule has 0 aliphatic carbocycles. The van der Waals surface area contributed by atoms with Crippen molar-refractivity contribution >= 4 is 23.4 Å².